The predicted octanol–water partition coefficient (Wildman–Crippen LogP) is 2.66. The van der Waals surface area contributed by atoms with Crippen molar-refractivity contribution >= 4 is 17.4 Å². The average Bonchev–Trinajstić information content (AvgIpc) is 3.02. The molecular weight excluding hydrogens is 339 g/mol. The summed E-state index contributed by atoms with van der Waals surface area (Å²) in [6, 6.07) is 6.61. The molecule has 0 spiro atoms. The molecule has 1 aromatic heterocycles. The molecular formula is C18H23FN4OS. The molecule has 2 aromatic rings. The zero-order valence-electron chi connectivity index (χ0n) is 14.4. The van der Waals surface area contributed by atoms with Crippen molar-refractivity contribution in [3.05, 3.63) is 51.7 Å². The van der Waals surface area contributed by atoms with Crippen LogP contribution in [0.2, 0.25) is 0 Å². The van der Waals surface area contributed by atoms with Crippen molar-refractivity contribution in [1.82, 2.24) is 20.1 Å². The molecule has 0 saturated carbocycles. The second-order valence-corrected chi connectivity index (χ2v) is 7.17. The van der Waals surface area contributed by atoms with Crippen LogP contribution >= 0.6 is 11.3 Å². The molecule has 3 rings (SSSR count). The van der Waals surface area contributed by atoms with Crippen LogP contribution in [0.3, 0.4) is 0 Å². The minimum atomic E-state index is -0.209. The van der Waals surface area contributed by atoms with Crippen molar-refractivity contribution in [2.75, 3.05) is 32.7 Å². The number of halogens is 1. The molecule has 0 atom stereocenters. The Morgan fingerprint density at radius 1 is 1.24 bits per heavy atom. The highest BCUT2D eigenvalue weighted by Crippen LogP contribution is 2.12. The molecule has 1 N–H and O–H groups in total. The third-order valence-corrected chi connectivity index (χ3v) is 5.45. The van der Waals surface area contributed by atoms with Crippen LogP contribution in [0.5, 0.6) is 0 Å². The number of rotatable bonds is 5. The Morgan fingerprint density at radius 3 is 2.60 bits per heavy atom. The number of benzene rings is 1. The van der Waals surface area contributed by atoms with Gasteiger partial charge in [-0.15, -0.1) is 11.3 Å². The summed E-state index contributed by atoms with van der Waals surface area (Å²) in [4.78, 5) is 21.9. The van der Waals surface area contributed by atoms with Gasteiger partial charge in [0.1, 0.15) is 5.82 Å². The number of nitrogens with zero attached hydrogens (tertiary/aromatic N) is 3. The van der Waals surface area contributed by atoms with E-state index in [-0.39, 0.29) is 11.8 Å². The molecule has 25 heavy (non-hydrogen) atoms. The van der Waals surface area contributed by atoms with Crippen molar-refractivity contribution in [1.29, 1.82) is 0 Å². The third-order valence-electron chi connectivity index (χ3n) is 4.45. The van der Waals surface area contributed by atoms with Crippen LogP contribution in [-0.2, 0) is 13.0 Å². The Bertz CT molecular complexity index is 695. The van der Waals surface area contributed by atoms with Gasteiger partial charge in [0.2, 0.25) is 0 Å². The quantitative estimate of drug-likeness (QED) is 0.890. The highest BCUT2D eigenvalue weighted by atomic mass is 32.1. The second-order valence-electron chi connectivity index (χ2n) is 6.23. The van der Waals surface area contributed by atoms with Crippen molar-refractivity contribution in [3.8, 4) is 0 Å². The summed E-state index contributed by atoms with van der Waals surface area (Å²) in [7, 11) is 0. The molecule has 2 heterocycles. The number of urea groups is 1. The van der Waals surface area contributed by atoms with Crippen LogP contribution in [0.15, 0.2) is 29.8 Å². The van der Waals surface area contributed by atoms with Gasteiger partial charge in [-0.25, -0.2) is 14.2 Å². The van der Waals surface area contributed by atoms with E-state index in [1.807, 2.05) is 29.5 Å². The van der Waals surface area contributed by atoms with E-state index in [2.05, 4.69) is 15.2 Å². The van der Waals surface area contributed by atoms with Gasteiger partial charge in [-0.05, 0) is 24.6 Å². The van der Waals surface area contributed by atoms with Gasteiger partial charge in [0.15, 0.2) is 0 Å². The minimum Gasteiger partial charge on any atom is -0.338 e. The van der Waals surface area contributed by atoms with E-state index in [4.69, 9.17) is 0 Å². The molecule has 0 aliphatic carbocycles. The van der Waals surface area contributed by atoms with Gasteiger partial charge in [0.25, 0.3) is 0 Å². The van der Waals surface area contributed by atoms with E-state index >= 15 is 0 Å². The molecule has 5 nitrogen and oxygen atoms in total. The maximum absolute atomic E-state index is 13.0. The normalized spacial score (nSPS) is 15.4. The van der Waals surface area contributed by atoms with Gasteiger partial charge < -0.3 is 10.2 Å². The summed E-state index contributed by atoms with van der Waals surface area (Å²) in [6.45, 7) is 6.52. The maximum Gasteiger partial charge on any atom is 0.317 e. The average molecular weight is 362 g/mol. The fraction of sp³-hybridized carbons (Fsp3) is 0.444. The SMILES string of the molecule is Cc1ncsc1CCNC(=O)N1CCN(Cc2ccc(F)cc2)CC1. The number of carbonyl (C=O) groups excluding carboxylic acids is 1. The number of nitrogens with one attached hydrogen (secondary N) is 1. The zero-order chi connectivity index (χ0) is 17.6. The number of amides is 2. The Kier molecular flexibility index (Phi) is 5.99. The molecule has 2 amide bonds. The molecule has 134 valence electrons. The van der Waals surface area contributed by atoms with Crippen LogP contribution in [0.1, 0.15) is 16.1 Å². The summed E-state index contributed by atoms with van der Waals surface area (Å²) in [5.41, 5.74) is 3.99. The van der Waals surface area contributed by atoms with Crippen LogP contribution < -0.4 is 5.32 Å². The molecule has 0 bridgehead atoms. The van der Waals surface area contributed by atoms with E-state index in [1.165, 1.54) is 17.0 Å². The number of hydrogen-bond donors (Lipinski definition) is 1. The topological polar surface area (TPSA) is 48.5 Å². The van der Waals surface area contributed by atoms with Gasteiger partial charge in [-0.1, -0.05) is 12.1 Å². The number of hydrogen-bond acceptors (Lipinski definition) is 4. The van der Waals surface area contributed by atoms with Crippen molar-refractivity contribution in [3.63, 3.8) is 0 Å². The van der Waals surface area contributed by atoms with Gasteiger partial charge in [-0.2, -0.15) is 0 Å². The summed E-state index contributed by atoms with van der Waals surface area (Å²) in [5.74, 6) is -0.209. The van der Waals surface area contributed by atoms with Crippen molar-refractivity contribution < 1.29 is 9.18 Å². The Morgan fingerprint density at radius 2 is 1.96 bits per heavy atom. The lowest BCUT2D eigenvalue weighted by molar-refractivity contribution is 0.135. The third kappa shape index (κ3) is 4.99. The number of thiazole rings is 1. The summed E-state index contributed by atoms with van der Waals surface area (Å²) < 4.78 is 13.0. The lowest BCUT2D eigenvalue weighted by Gasteiger charge is -2.34. The van der Waals surface area contributed by atoms with Crippen LogP contribution in [0, 0.1) is 12.7 Å². The molecule has 1 fully saturated rings. The highest BCUT2D eigenvalue weighted by Gasteiger charge is 2.20. The van der Waals surface area contributed by atoms with Crippen LogP contribution in [-0.4, -0.2) is 53.5 Å². The van der Waals surface area contributed by atoms with Gasteiger partial charge in [0.05, 0.1) is 11.2 Å². The molecule has 1 aliphatic rings. The summed E-state index contributed by atoms with van der Waals surface area (Å²) in [5, 5.41) is 2.99. The lowest BCUT2D eigenvalue weighted by Crippen LogP contribution is -2.51. The number of aryl methyl sites for hydroxylation is 1. The molecule has 1 aromatic carbocycles. The monoisotopic (exact) mass is 362 g/mol. The Balaban J connectivity index is 1.38. The van der Waals surface area contributed by atoms with E-state index in [0.717, 1.165) is 37.3 Å². The van der Waals surface area contributed by atoms with Crippen LogP contribution in [0.25, 0.3) is 0 Å². The first-order valence-corrected chi connectivity index (χ1v) is 9.38. The van der Waals surface area contributed by atoms with Gasteiger partial charge in [0, 0.05) is 50.6 Å². The largest absolute Gasteiger partial charge is 0.338 e. The van der Waals surface area contributed by atoms with E-state index in [9.17, 15) is 9.18 Å². The molecule has 7 heteroatoms. The van der Waals surface area contributed by atoms with Crippen molar-refractivity contribution in [2.24, 2.45) is 0 Å². The molecule has 0 unspecified atom stereocenters. The highest BCUT2D eigenvalue weighted by molar-refractivity contribution is 7.09. The van der Waals surface area contributed by atoms with Crippen LogP contribution in [0.4, 0.5) is 9.18 Å². The predicted molar refractivity (Wildman–Crippen MR) is 97.2 cm³/mol. The molecule has 1 saturated heterocycles. The lowest BCUT2D eigenvalue weighted by atomic mass is 10.2. The van der Waals surface area contributed by atoms with E-state index in [0.29, 0.717) is 19.6 Å². The maximum atomic E-state index is 13.0. The zero-order valence-corrected chi connectivity index (χ0v) is 15.2. The fourth-order valence-corrected chi connectivity index (χ4v) is 3.70. The van der Waals surface area contributed by atoms with Gasteiger partial charge >= 0.3 is 6.03 Å². The Hall–Kier alpha value is -1.99. The fourth-order valence-electron chi connectivity index (χ4n) is 2.92. The van der Waals surface area contributed by atoms with Gasteiger partial charge in [-0.3, -0.25) is 4.90 Å². The number of carbonyl (C=O) groups is 1. The van der Waals surface area contributed by atoms with E-state index < -0.39 is 0 Å². The number of piperazine rings is 1. The standard InChI is InChI=1S/C18H23FN4OS/c1-14-17(25-13-21-14)6-7-20-18(24)23-10-8-22(9-11-23)12-15-2-4-16(19)5-3-15/h2-5,13H,6-12H2,1H3,(H,20,24). The minimum absolute atomic E-state index is 0.00333. The summed E-state index contributed by atoms with van der Waals surface area (Å²) in [6.07, 6.45) is 0.826. The molecule has 1 aliphatic heterocycles. The first kappa shape index (κ1) is 17.8. The van der Waals surface area contributed by atoms with Crippen molar-refractivity contribution in [2.45, 2.75) is 19.9 Å². The first-order chi connectivity index (χ1) is 12.1. The van der Waals surface area contributed by atoms with E-state index in [1.54, 1.807) is 11.3 Å². The smallest absolute Gasteiger partial charge is 0.317 e. The summed E-state index contributed by atoms with van der Waals surface area (Å²) >= 11 is 1.63. The second kappa shape index (κ2) is 8.40. The first-order valence-electron chi connectivity index (χ1n) is 8.50. The molecule has 0 radical (unpaired) electrons. The number of aromatic nitrogens is 1. The Labute approximate surface area is 151 Å².